The molecule has 6 heteroatoms. The molecule has 0 unspecified atom stereocenters. The van der Waals surface area contributed by atoms with Gasteiger partial charge in [-0.15, -0.1) is 0 Å². The summed E-state index contributed by atoms with van der Waals surface area (Å²) >= 11 is 0. The lowest BCUT2D eigenvalue weighted by Gasteiger charge is -2.48. The van der Waals surface area contributed by atoms with Crippen LogP contribution in [-0.2, 0) is 0 Å². The van der Waals surface area contributed by atoms with Gasteiger partial charge in [0.05, 0.1) is 23.4 Å². The van der Waals surface area contributed by atoms with E-state index in [1.165, 1.54) is 0 Å². The average Bonchev–Trinajstić information content (AvgIpc) is 2.91. The van der Waals surface area contributed by atoms with Crippen LogP contribution in [0.4, 0.5) is 0 Å². The number of nitriles is 3. The maximum absolute atomic E-state index is 10.0. The molecule has 0 amide bonds. The number of nitrogens with two attached hydrogens (primary N) is 1. The van der Waals surface area contributed by atoms with Gasteiger partial charge in [-0.3, -0.25) is 9.88 Å². The Morgan fingerprint density at radius 2 is 2.04 bits per heavy atom. The molecule has 0 radical (unpaired) electrons. The number of aromatic nitrogens is 1. The summed E-state index contributed by atoms with van der Waals surface area (Å²) in [6.07, 6.45) is 7.46. The van der Waals surface area contributed by atoms with Crippen LogP contribution >= 0.6 is 0 Å². The molecule has 1 saturated heterocycles. The van der Waals surface area contributed by atoms with Gasteiger partial charge in [0.15, 0.2) is 5.41 Å². The van der Waals surface area contributed by atoms with E-state index in [1.54, 1.807) is 12.4 Å². The van der Waals surface area contributed by atoms with E-state index in [4.69, 9.17) is 5.73 Å². The first-order valence-corrected chi connectivity index (χ1v) is 8.65. The standard InChI is InChI=1S/C20H18N6/c1-26-13-4-5-16(26)17-14(7-13)15(8-21)19(24)20(10-22,11-23)18(17)12-3-2-6-25-9-12/h2-3,6-7,9,13,16-18H,4-5,24H2,1H3/t13-,16-,17+,18+/m1/s1. The third-order valence-corrected chi connectivity index (χ3v) is 6.27. The summed E-state index contributed by atoms with van der Waals surface area (Å²) in [6.45, 7) is 0. The first-order chi connectivity index (χ1) is 12.6. The summed E-state index contributed by atoms with van der Waals surface area (Å²) in [5.74, 6) is -0.592. The van der Waals surface area contributed by atoms with Crippen LogP contribution in [0.15, 0.2) is 47.4 Å². The first kappa shape index (κ1) is 16.3. The molecule has 26 heavy (non-hydrogen) atoms. The van der Waals surface area contributed by atoms with Gasteiger partial charge in [0.25, 0.3) is 0 Å². The maximum atomic E-state index is 10.0. The Labute approximate surface area is 152 Å². The van der Waals surface area contributed by atoms with Gasteiger partial charge in [-0.1, -0.05) is 12.1 Å². The summed E-state index contributed by atoms with van der Waals surface area (Å²) in [5, 5.41) is 29.8. The molecule has 0 saturated carbocycles. The van der Waals surface area contributed by atoms with Crippen molar-refractivity contribution in [3.8, 4) is 18.2 Å². The Morgan fingerprint density at radius 1 is 1.27 bits per heavy atom. The summed E-state index contributed by atoms with van der Waals surface area (Å²) in [6, 6.07) is 10.7. The van der Waals surface area contributed by atoms with Gasteiger partial charge in [-0.05, 0) is 37.1 Å². The fourth-order valence-corrected chi connectivity index (χ4v) is 5.02. The van der Waals surface area contributed by atoms with Gasteiger partial charge < -0.3 is 5.73 Å². The number of likely N-dealkylation sites (N-methyl/N-ethyl adjacent to an activating group) is 1. The fourth-order valence-electron chi connectivity index (χ4n) is 5.02. The molecule has 0 spiro atoms. The van der Waals surface area contributed by atoms with E-state index in [2.05, 4.69) is 41.2 Å². The van der Waals surface area contributed by atoms with Crippen molar-refractivity contribution in [2.45, 2.75) is 30.8 Å². The van der Waals surface area contributed by atoms with Crippen LogP contribution in [-0.4, -0.2) is 29.0 Å². The van der Waals surface area contributed by atoms with Crippen molar-refractivity contribution in [3.63, 3.8) is 0 Å². The smallest absolute Gasteiger partial charge is 0.191 e. The van der Waals surface area contributed by atoms with Crippen molar-refractivity contribution >= 4 is 0 Å². The van der Waals surface area contributed by atoms with Gasteiger partial charge in [0.1, 0.15) is 6.07 Å². The highest BCUT2D eigenvalue weighted by atomic mass is 15.2. The van der Waals surface area contributed by atoms with Gasteiger partial charge in [-0.25, -0.2) is 0 Å². The molecule has 2 N–H and O–H groups in total. The molecule has 1 aliphatic carbocycles. The van der Waals surface area contributed by atoms with Crippen molar-refractivity contribution in [3.05, 3.63) is 53.0 Å². The molecular formula is C20H18N6. The Bertz CT molecular complexity index is 925. The predicted molar refractivity (Wildman–Crippen MR) is 93.6 cm³/mol. The minimum atomic E-state index is -1.58. The number of fused-ring (bicyclic) bond motifs is 4. The second-order valence-corrected chi connectivity index (χ2v) is 7.22. The van der Waals surface area contributed by atoms with Crippen molar-refractivity contribution in [1.29, 1.82) is 15.8 Å². The zero-order valence-electron chi connectivity index (χ0n) is 14.4. The molecule has 4 rings (SSSR count). The normalized spacial score (nSPS) is 32.0. The Balaban J connectivity index is 2.05. The summed E-state index contributed by atoms with van der Waals surface area (Å²) in [4.78, 5) is 6.50. The van der Waals surface area contributed by atoms with Gasteiger partial charge in [0.2, 0.25) is 0 Å². The minimum absolute atomic E-state index is 0.0744. The molecule has 3 heterocycles. The predicted octanol–water partition coefficient (Wildman–Crippen LogP) is 1.97. The second-order valence-electron chi connectivity index (χ2n) is 7.22. The Kier molecular flexibility index (Phi) is 3.58. The molecule has 0 aromatic carbocycles. The number of rotatable bonds is 1. The highest BCUT2D eigenvalue weighted by Gasteiger charge is 2.58. The topological polar surface area (TPSA) is 114 Å². The second kappa shape index (κ2) is 5.70. The first-order valence-electron chi connectivity index (χ1n) is 8.65. The van der Waals surface area contributed by atoms with Gasteiger partial charge >= 0.3 is 0 Å². The van der Waals surface area contributed by atoms with Crippen LogP contribution in [0.1, 0.15) is 24.3 Å². The van der Waals surface area contributed by atoms with E-state index in [0.29, 0.717) is 5.57 Å². The summed E-state index contributed by atoms with van der Waals surface area (Å²) in [5.41, 5.74) is 6.82. The lowest BCUT2D eigenvalue weighted by atomic mass is 9.56. The minimum Gasteiger partial charge on any atom is -0.399 e. The third-order valence-electron chi connectivity index (χ3n) is 6.27. The molecule has 2 bridgehead atoms. The van der Waals surface area contributed by atoms with E-state index in [1.807, 2.05) is 12.1 Å². The van der Waals surface area contributed by atoms with E-state index in [0.717, 1.165) is 24.0 Å². The zero-order valence-corrected chi connectivity index (χ0v) is 14.4. The quantitative estimate of drug-likeness (QED) is 0.834. The third kappa shape index (κ3) is 1.90. The monoisotopic (exact) mass is 342 g/mol. The Hall–Kier alpha value is -3.14. The molecule has 1 fully saturated rings. The number of pyridine rings is 1. The molecule has 3 aliphatic rings. The molecule has 128 valence electrons. The molecule has 1 aromatic heterocycles. The molecule has 2 aliphatic heterocycles. The number of nitrogens with zero attached hydrogens (tertiary/aromatic N) is 5. The number of hydrogen-bond donors (Lipinski definition) is 1. The Morgan fingerprint density at radius 3 is 2.65 bits per heavy atom. The van der Waals surface area contributed by atoms with Crippen LogP contribution in [0.3, 0.4) is 0 Å². The van der Waals surface area contributed by atoms with Crippen LogP contribution in [0.5, 0.6) is 0 Å². The largest absolute Gasteiger partial charge is 0.399 e. The fraction of sp³-hybridized carbons (Fsp3) is 0.400. The van der Waals surface area contributed by atoms with Crippen molar-refractivity contribution in [2.24, 2.45) is 17.1 Å². The lowest BCUT2D eigenvalue weighted by molar-refractivity contribution is 0.160. The molecule has 6 nitrogen and oxygen atoms in total. The van der Waals surface area contributed by atoms with E-state index in [9.17, 15) is 15.8 Å². The molecule has 1 aromatic rings. The van der Waals surface area contributed by atoms with Crippen LogP contribution < -0.4 is 5.73 Å². The van der Waals surface area contributed by atoms with E-state index >= 15 is 0 Å². The lowest BCUT2D eigenvalue weighted by Crippen LogP contribution is -2.51. The van der Waals surface area contributed by atoms with E-state index in [-0.39, 0.29) is 23.7 Å². The summed E-state index contributed by atoms with van der Waals surface area (Å²) in [7, 11) is 2.07. The van der Waals surface area contributed by atoms with E-state index < -0.39 is 11.3 Å². The maximum Gasteiger partial charge on any atom is 0.191 e. The SMILES string of the molecule is CN1[C@@H]2CC[C@@H]1C=C1C(C#N)=C(N)C(C#N)(C#N)[C@@H](c3cccnc3)[C@@H]12. The van der Waals surface area contributed by atoms with Crippen LogP contribution in [0, 0.1) is 45.3 Å². The van der Waals surface area contributed by atoms with Crippen LogP contribution in [0.2, 0.25) is 0 Å². The number of allylic oxidation sites excluding steroid dienone is 2. The summed E-state index contributed by atoms with van der Waals surface area (Å²) < 4.78 is 0. The number of hydrogen-bond acceptors (Lipinski definition) is 6. The highest BCUT2D eigenvalue weighted by molar-refractivity contribution is 5.60. The van der Waals surface area contributed by atoms with Gasteiger partial charge in [-0.2, -0.15) is 15.8 Å². The van der Waals surface area contributed by atoms with Crippen molar-refractivity contribution in [2.75, 3.05) is 7.05 Å². The van der Waals surface area contributed by atoms with Crippen molar-refractivity contribution < 1.29 is 0 Å². The average molecular weight is 342 g/mol. The van der Waals surface area contributed by atoms with Crippen molar-refractivity contribution in [1.82, 2.24) is 9.88 Å². The van der Waals surface area contributed by atoms with Crippen LogP contribution in [0.25, 0.3) is 0 Å². The highest BCUT2D eigenvalue weighted by Crippen LogP contribution is 2.58. The zero-order chi connectivity index (χ0) is 18.5. The molecular weight excluding hydrogens is 324 g/mol. The van der Waals surface area contributed by atoms with Gasteiger partial charge in [0, 0.05) is 36.3 Å². The molecule has 4 atom stereocenters.